The van der Waals surface area contributed by atoms with Crippen molar-refractivity contribution in [3.8, 4) is 0 Å². The highest BCUT2D eigenvalue weighted by Crippen LogP contribution is 2.27. The SMILES string of the molecule is CCn1ncc(N)c1C(=O)N(C)C1CCC(C)CC1. The third-order valence-electron chi connectivity index (χ3n) is 4.22. The summed E-state index contributed by atoms with van der Waals surface area (Å²) in [7, 11) is 1.88. The number of nitrogens with zero attached hydrogens (tertiary/aromatic N) is 3. The molecule has 1 aliphatic rings. The fourth-order valence-electron chi connectivity index (χ4n) is 2.84. The van der Waals surface area contributed by atoms with E-state index >= 15 is 0 Å². The van der Waals surface area contributed by atoms with Crippen LogP contribution in [0.25, 0.3) is 0 Å². The predicted octanol–water partition coefficient (Wildman–Crippen LogP) is 2.14. The van der Waals surface area contributed by atoms with Gasteiger partial charge in [-0.2, -0.15) is 5.10 Å². The summed E-state index contributed by atoms with van der Waals surface area (Å²) in [5, 5.41) is 4.14. The Morgan fingerprint density at radius 3 is 2.68 bits per heavy atom. The summed E-state index contributed by atoms with van der Waals surface area (Å²) in [4.78, 5) is 14.4. The quantitative estimate of drug-likeness (QED) is 0.909. The maximum absolute atomic E-state index is 12.6. The van der Waals surface area contributed by atoms with Gasteiger partial charge in [0.05, 0.1) is 11.9 Å². The summed E-state index contributed by atoms with van der Waals surface area (Å²) in [5.41, 5.74) is 6.88. The molecule has 0 saturated heterocycles. The number of aromatic nitrogens is 2. The average Bonchev–Trinajstić information content (AvgIpc) is 2.79. The zero-order chi connectivity index (χ0) is 14.0. The molecule has 1 aromatic heterocycles. The number of anilines is 1. The van der Waals surface area contributed by atoms with Crippen LogP contribution in [-0.2, 0) is 6.54 Å². The van der Waals surface area contributed by atoms with Crippen molar-refractivity contribution in [2.24, 2.45) is 5.92 Å². The summed E-state index contributed by atoms with van der Waals surface area (Å²) < 4.78 is 1.68. The second kappa shape index (κ2) is 5.63. The number of hydrogen-bond donors (Lipinski definition) is 1. The summed E-state index contributed by atoms with van der Waals surface area (Å²) in [5.74, 6) is 0.780. The van der Waals surface area contributed by atoms with E-state index in [2.05, 4.69) is 12.0 Å². The Hall–Kier alpha value is -1.52. The standard InChI is InChI=1S/C14H24N4O/c1-4-18-13(12(15)9-16-18)14(19)17(3)11-7-5-10(2)6-8-11/h9-11H,4-8,15H2,1-3H3. The molecule has 1 heterocycles. The van der Waals surface area contributed by atoms with E-state index in [0.29, 0.717) is 24.0 Å². The molecule has 1 aromatic rings. The lowest BCUT2D eigenvalue weighted by Gasteiger charge is -2.33. The Morgan fingerprint density at radius 1 is 1.47 bits per heavy atom. The van der Waals surface area contributed by atoms with Crippen LogP contribution < -0.4 is 5.73 Å². The van der Waals surface area contributed by atoms with Crippen molar-refractivity contribution in [2.45, 2.75) is 52.1 Å². The molecule has 0 unspecified atom stereocenters. The van der Waals surface area contributed by atoms with Crippen molar-refractivity contribution in [2.75, 3.05) is 12.8 Å². The lowest BCUT2D eigenvalue weighted by Crippen LogP contribution is -2.40. The highest BCUT2D eigenvalue weighted by Gasteiger charge is 2.28. The van der Waals surface area contributed by atoms with Crippen molar-refractivity contribution in [3.05, 3.63) is 11.9 Å². The molecular formula is C14H24N4O. The molecule has 0 aliphatic heterocycles. The van der Waals surface area contributed by atoms with Gasteiger partial charge in [-0.3, -0.25) is 9.48 Å². The van der Waals surface area contributed by atoms with Crippen molar-refractivity contribution in [1.82, 2.24) is 14.7 Å². The topological polar surface area (TPSA) is 64.2 Å². The summed E-state index contributed by atoms with van der Waals surface area (Å²) in [6.45, 7) is 4.90. The summed E-state index contributed by atoms with van der Waals surface area (Å²) in [6, 6.07) is 0.336. The first kappa shape index (κ1) is 13.9. The van der Waals surface area contributed by atoms with Gasteiger partial charge in [0.15, 0.2) is 0 Å². The highest BCUT2D eigenvalue weighted by atomic mass is 16.2. The lowest BCUT2D eigenvalue weighted by atomic mass is 9.86. The first-order chi connectivity index (χ1) is 9.04. The van der Waals surface area contributed by atoms with Gasteiger partial charge in [-0.25, -0.2) is 0 Å². The van der Waals surface area contributed by atoms with E-state index < -0.39 is 0 Å². The van der Waals surface area contributed by atoms with E-state index in [0.717, 1.165) is 18.8 Å². The third-order valence-corrected chi connectivity index (χ3v) is 4.22. The predicted molar refractivity (Wildman–Crippen MR) is 75.8 cm³/mol. The lowest BCUT2D eigenvalue weighted by molar-refractivity contribution is 0.0668. The molecule has 0 bridgehead atoms. The van der Waals surface area contributed by atoms with Crippen LogP contribution in [0.4, 0.5) is 5.69 Å². The number of amides is 1. The van der Waals surface area contributed by atoms with Crippen molar-refractivity contribution >= 4 is 11.6 Å². The molecule has 1 amide bonds. The van der Waals surface area contributed by atoms with Crippen LogP contribution in [0.3, 0.4) is 0 Å². The molecule has 0 aromatic carbocycles. The molecule has 0 radical (unpaired) electrons. The van der Waals surface area contributed by atoms with E-state index in [1.165, 1.54) is 12.8 Å². The fraction of sp³-hybridized carbons (Fsp3) is 0.714. The Kier molecular flexibility index (Phi) is 4.12. The Balaban J connectivity index is 2.12. The van der Waals surface area contributed by atoms with E-state index in [1.54, 1.807) is 10.9 Å². The molecule has 1 aliphatic carbocycles. The van der Waals surface area contributed by atoms with Crippen molar-refractivity contribution in [3.63, 3.8) is 0 Å². The van der Waals surface area contributed by atoms with E-state index in [1.807, 2.05) is 18.9 Å². The Labute approximate surface area is 114 Å². The average molecular weight is 264 g/mol. The minimum atomic E-state index is -0.00333. The molecule has 106 valence electrons. The van der Waals surface area contributed by atoms with Gasteiger partial charge in [0.1, 0.15) is 5.69 Å². The number of rotatable bonds is 3. The third kappa shape index (κ3) is 2.74. The van der Waals surface area contributed by atoms with E-state index in [-0.39, 0.29) is 5.91 Å². The first-order valence-corrected chi connectivity index (χ1v) is 7.13. The van der Waals surface area contributed by atoms with Crippen LogP contribution >= 0.6 is 0 Å². The largest absolute Gasteiger partial charge is 0.396 e. The number of carbonyl (C=O) groups is 1. The van der Waals surface area contributed by atoms with Gasteiger partial charge in [-0.05, 0) is 38.5 Å². The molecule has 1 saturated carbocycles. The molecule has 19 heavy (non-hydrogen) atoms. The Bertz CT molecular complexity index is 446. The molecule has 1 fully saturated rings. The number of carbonyl (C=O) groups excluding carboxylic acids is 1. The minimum absolute atomic E-state index is 0.00333. The van der Waals surface area contributed by atoms with Gasteiger partial charge in [-0.15, -0.1) is 0 Å². The highest BCUT2D eigenvalue weighted by molar-refractivity contribution is 5.97. The van der Waals surface area contributed by atoms with Crippen LogP contribution in [0.1, 0.15) is 50.0 Å². The smallest absolute Gasteiger partial charge is 0.274 e. The summed E-state index contributed by atoms with van der Waals surface area (Å²) in [6.07, 6.45) is 6.14. The van der Waals surface area contributed by atoms with Crippen molar-refractivity contribution < 1.29 is 4.79 Å². The van der Waals surface area contributed by atoms with Crippen LogP contribution in [-0.4, -0.2) is 33.7 Å². The zero-order valence-electron chi connectivity index (χ0n) is 12.1. The zero-order valence-corrected chi connectivity index (χ0v) is 12.1. The monoisotopic (exact) mass is 264 g/mol. The second-order valence-electron chi connectivity index (χ2n) is 5.59. The maximum atomic E-state index is 12.6. The first-order valence-electron chi connectivity index (χ1n) is 7.13. The van der Waals surface area contributed by atoms with E-state index in [4.69, 9.17) is 5.73 Å². The molecule has 2 rings (SSSR count). The molecule has 2 N–H and O–H groups in total. The van der Waals surface area contributed by atoms with Crippen molar-refractivity contribution in [1.29, 1.82) is 0 Å². The number of nitrogen functional groups attached to an aromatic ring is 1. The van der Waals surface area contributed by atoms with Gasteiger partial charge in [0.2, 0.25) is 0 Å². The molecular weight excluding hydrogens is 240 g/mol. The van der Waals surface area contributed by atoms with Crippen LogP contribution in [0.2, 0.25) is 0 Å². The van der Waals surface area contributed by atoms with Gasteiger partial charge >= 0.3 is 0 Å². The normalized spacial score (nSPS) is 23.3. The van der Waals surface area contributed by atoms with Gasteiger partial charge in [-0.1, -0.05) is 6.92 Å². The second-order valence-corrected chi connectivity index (χ2v) is 5.59. The molecule has 5 heteroatoms. The molecule has 5 nitrogen and oxygen atoms in total. The minimum Gasteiger partial charge on any atom is -0.396 e. The van der Waals surface area contributed by atoms with Crippen LogP contribution in [0.5, 0.6) is 0 Å². The summed E-state index contributed by atoms with van der Waals surface area (Å²) >= 11 is 0. The van der Waals surface area contributed by atoms with E-state index in [9.17, 15) is 4.79 Å². The van der Waals surface area contributed by atoms with Gasteiger partial charge in [0, 0.05) is 19.6 Å². The maximum Gasteiger partial charge on any atom is 0.274 e. The Morgan fingerprint density at radius 2 is 2.11 bits per heavy atom. The van der Waals surface area contributed by atoms with Crippen LogP contribution in [0, 0.1) is 5.92 Å². The number of hydrogen-bond acceptors (Lipinski definition) is 3. The number of nitrogens with two attached hydrogens (primary N) is 1. The van der Waals surface area contributed by atoms with Crippen LogP contribution in [0.15, 0.2) is 6.20 Å². The number of aryl methyl sites for hydroxylation is 1. The molecule has 0 spiro atoms. The molecule has 0 atom stereocenters. The van der Waals surface area contributed by atoms with Gasteiger partial charge in [0.25, 0.3) is 5.91 Å². The van der Waals surface area contributed by atoms with Gasteiger partial charge < -0.3 is 10.6 Å². The fourth-order valence-corrected chi connectivity index (χ4v) is 2.84.